The van der Waals surface area contributed by atoms with Gasteiger partial charge in [0.2, 0.25) is 0 Å². The average Bonchev–Trinajstić information content (AvgIpc) is 2.97. The van der Waals surface area contributed by atoms with Crippen LogP contribution in [0.1, 0.15) is 26.1 Å². The summed E-state index contributed by atoms with van der Waals surface area (Å²) in [6.07, 6.45) is 4.75. The number of carbonyl (C=O) groups is 1. The lowest BCUT2D eigenvalue weighted by Gasteiger charge is -2.11. The molecule has 1 unspecified atom stereocenters. The number of amides is 2. The Balaban J connectivity index is 1.80. The number of hydrogen-bond donors (Lipinski definition) is 2. The molecule has 2 N–H and O–H groups in total. The van der Waals surface area contributed by atoms with Crippen molar-refractivity contribution >= 4 is 6.03 Å². The maximum atomic E-state index is 11.5. The molecule has 7 nitrogen and oxygen atoms in total. The summed E-state index contributed by atoms with van der Waals surface area (Å²) in [5, 5.41) is 9.47. The van der Waals surface area contributed by atoms with E-state index < -0.39 is 0 Å². The van der Waals surface area contributed by atoms with Crippen LogP contribution >= 0.6 is 0 Å². The zero-order valence-electron chi connectivity index (χ0n) is 12.2. The Kier molecular flexibility index (Phi) is 5.25. The van der Waals surface area contributed by atoms with Gasteiger partial charge in [-0.05, 0) is 25.5 Å². The Labute approximate surface area is 123 Å². The molecular formula is C14H19N5O2. The lowest BCUT2D eigenvalue weighted by atomic mass is 10.3. The molecule has 0 aliphatic rings. The number of hydrogen-bond acceptors (Lipinski definition) is 5. The van der Waals surface area contributed by atoms with Crippen molar-refractivity contribution in [3.63, 3.8) is 0 Å². The maximum Gasteiger partial charge on any atom is 0.315 e. The van der Waals surface area contributed by atoms with Crippen molar-refractivity contribution < 1.29 is 9.32 Å². The zero-order chi connectivity index (χ0) is 15.1. The van der Waals surface area contributed by atoms with Crippen molar-refractivity contribution in [1.29, 1.82) is 0 Å². The average molecular weight is 289 g/mol. The first kappa shape index (κ1) is 15.0. The molecule has 0 spiro atoms. The van der Waals surface area contributed by atoms with Gasteiger partial charge >= 0.3 is 6.03 Å². The summed E-state index contributed by atoms with van der Waals surface area (Å²) < 4.78 is 5.16. The Morgan fingerprint density at radius 2 is 2.33 bits per heavy atom. The van der Waals surface area contributed by atoms with Gasteiger partial charge in [-0.3, -0.25) is 4.98 Å². The molecule has 0 fully saturated rings. The van der Waals surface area contributed by atoms with E-state index in [1.807, 2.05) is 19.9 Å². The zero-order valence-corrected chi connectivity index (χ0v) is 12.2. The van der Waals surface area contributed by atoms with Crippen LogP contribution in [-0.4, -0.2) is 33.7 Å². The van der Waals surface area contributed by atoms with Crippen molar-refractivity contribution in [3.8, 4) is 11.5 Å². The van der Waals surface area contributed by atoms with Crippen molar-refractivity contribution in [1.82, 2.24) is 25.8 Å². The Morgan fingerprint density at radius 1 is 1.48 bits per heavy atom. The standard InChI is InChI=1S/C14H19N5O2/c1-3-10(2)17-14(20)16-8-6-12-18-13(21-19-12)11-5-4-7-15-9-11/h4-5,7,9-10H,3,6,8H2,1-2H3,(H2,16,17,20). The molecule has 2 aromatic heterocycles. The van der Waals surface area contributed by atoms with Crippen molar-refractivity contribution in [2.75, 3.05) is 6.54 Å². The Hall–Kier alpha value is -2.44. The van der Waals surface area contributed by atoms with Crippen LogP contribution in [0.3, 0.4) is 0 Å². The fourth-order valence-electron chi connectivity index (χ4n) is 1.63. The summed E-state index contributed by atoms with van der Waals surface area (Å²) in [6.45, 7) is 4.43. The summed E-state index contributed by atoms with van der Waals surface area (Å²) in [4.78, 5) is 19.8. The molecule has 2 rings (SSSR count). The number of pyridine rings is 1. The van der Waals surface area contributed by atoms with Crippen molar-refractivity contribution in [2.24, 2.45) is 0 Å². The van der Waals surface area contributed by atoms with E-state index >= 15 is 0 Å². The molecule has 0 saturated heterocycles. The second-order valence-electron chi connectivity index (χ2n) is 4.72. The van der Waals surface area contributed by atoms with Gasteiger partial charge in [0, 0.05) is 31.4 Å². The minimum atomic E-state index is -0.180. The number of aromatic nitrogens is 3. The first-order valence-corrected chi connectivity index (χ1v) is 6.96. The molecule has 2 aromatic rings. The third-order valence-electron chi connectivity index (χ3n) is 3.00. The molecule has 0 aliphatic carbocycles. The van der Waals surface area contributed by atoms with Crippen molar-refractivity contribution in [2.45, 2.75) is 32.7 Å². The molecule has 0 saturated carbocycles. The molecular weight excluding hydrogens is 270 g/mol. The highest BCUT2D eigenvalue weighted by Crippen LogP contribution is 2.14. The Morgan fingerprint density at radius 3 is 3.05 bits per heavy atom. The number of carbonyl (C=O) groups excluding carboxylic acids is 1. The fraction of sp³-hybridized carbons (Fsp3) is 0.429. The van der Waals surface area contributed by atoms with Crippen LogP contribution in [0, 0.1) is 0 Å². The first-order valence-electron chi connectivity index (χ1n) is 6.96. The number of nitrogens with one attached hydrogen (secondary N) is 2. The van der Waals surface area contributed by atoms with Crippen LogP contribution in [0.15, 0.2) is 29.0 Å². The van der Waals surface area contributed by atoms with Gasteiger partial charge in [0.05, 0.1) is 5.56 Å². The van der Waals surface area contributed by atoms with E-state index in [1.54, 1.807) is 18.5 Å². The van der Waals surface area contributed by atoms with E-state index in [2.05, 4.69) is 25.8 Å². The quantitative estimate of drug-likeness (QED) is 0.845. The van der Waals surface area contributed by atoms with Crippen LogP contribution in [0.4, 0.5) is 4.79 Å². The van der Waals surface area contributed by atoms with Gasteiger partial charge in [0.25, 0.3) is 5.89 Å². The highest BCUT2D eigenvalue weighted by Gasteiger charge is 2.09. The highest BCUT2D eigenvalue weighted by atomic mass is 16.5. The van der Waals surface area contributed by atoms with Gasteiger partial charge in [0.1, 0.15) is 0 Å². The number of nitrogens with zero attached hydrogens (tertiary/aromatic N) is 3. The summed E-state index contributed by atoms with van der Waals surface area (Å²) in [6, 6.07) is 3.63. The number of rotatable bonds is 6. The van der Waals surface area contributed by atoms with Crippen LogP contribution in [0.2, 0.25) is 0 Å². The summed E-state index contributed by atoms with van der Waals surface area (Å²) in [5.41, 5.74) is 0.777. The summed E-state index contributed by atoms with van der Waals surface area (Å²) in [7, 11) is 0. The molecule has 2 heterocycles. The van der Waals surface area contributed by atoms with E-state index in [0.29, 0.717) is 24.7 Å². The van der Waals surface area contributed by atoms with Gasteiger partial charge in [-0.15, -0.1) is 0 Å². The second kappa shape index (κ2) is 7.37. The van der Waals surface area contributed by atoms with Crippen LogP contribution in [0.5, 0.6) is 0 Å². The summed E-state index contributed by atoms with van der Waals surface area (Å²) >= 11 is 0. The second-order valence-corrected chi connectivity index (χ2v) is 4.72. The van der Waals surface area contributed by atoms with Gasteiger partial charge in [0.15, 0.2) is 5.82 Å². The largest absolute Gasteiger partial charge is 0.338 e. The topological polar surface area (TPSA) is 92.9 Å². The predicted octanol–water partition coefficient (Wildman–Crippen LogP) is 1.77. The van der Waals surface area contributed by atoms with Crippen molar-refractivity contribution in [3.05, 3.63) is 30.4 Å². The predicted molar refractivity (Wildman–Crippen MR) is 77.5 cm³/mol. The third-order valence-corrected chi connectivity index (χ3v) is 3.00. The molecule has 0 bridgehead atoms. The van der Waals surface area contributed by atoms with Gasteiger partial charge < -0.3 is 15.2 Å². The van der Waals surface area contributed by atoms with Gasteiger partial charge in [-0.2, -0.15) is 4.98 Å². The molecule has 21 heavy (non-hydrogen) atoms. The lowest BCUT2D eigenvalue weighted by molar-refractivity contribution is 0.237. The number of urea groups is 1. The molecule has 1 atom stereocenters. The summed E-state index contributed by atoms with van der Waals surface area (Å²) in [5.74, 6) is 0.986. The monoisotopic (exact) mass is 289 g/mol. The van der Waals surface area contributed by atoms with E-state index in [4.69, 9.17) is 4.52 Å². The minimum Gasteiger partial charge on any atom is -0.338 e. The Bertz CT molecular complexity index is 570. The lowest BCUT2D eigenvalue weighted by Crippen LogP contribution is -2.41. The third kappa shape index (κ3) is 4.55. The normalized spacial score (nSPS) is 11.9. The van der Waals surface area contributed by atoms with Crippen LogP contribution < -0.4 is 10.6 Å². The SMILES string of the molecule is CCC(C)NC(=O)NCCc1noc(-c2cccnc2)n1. The minimum absolute atomic E-state index is 0.160. The maximum absolute atomic E-state index is 11.5. The van der Waals surface area contributed by atoms with Crippen LogP contribution in [0.25, 0.3) is 11.5 Å². The molecule has 2 amide bonds. The molecule has 7 heteroatoms. The van der Waals surface area contributed by atoms with E-state index in [0.717, 1.165) is 12.0 Å². The van der Waals surface area contributed by atoms with E-state index in [9.17, 15) is 4.79 Å². The molecule has 112 valence electrons. The molecule has 0 radical (unpaired) electrons. The van der Waals surface area contributed by atoms with Gasteiger partial charge in [-0.1, -0.05) is 12.1 Å². The molecule has 0 aromatic carbocycles. The first-order chi connectivity index (χ1) is 10.2. The molecule has 0 aliphatic heterocycles. The fourth-order valence-corrected chi connectivity index (χ4v) is 1.63. The smallest absolute Gasteiger partial charge is 0.315 e. The highest BCUT2D eigenvalue weighted by molar-refractivity contribution is 5.74. The van der Waals surface area contributed by atoms with Crippen LogP contribution in [-0.2, 0) is 6.42 Å². The van der Waals surface area contributed by atoms with E-state index in [-0.39, 0.29) is 12.1 Å². The van der Waals surface area contributed by atoms with Gasteiger partial charge in [-0.25, -0.2) is 4.79 Å². The van der Waals surface area contributed by atoms with E-state index in [1.165, 1.54) is 0 Å².